The Bertz CT molecular complexity index is 887. The quantitative estimate of drug-likeness (QED) is 0.793. The van der Waals surface area contributed by atoms with Gasteiger partial charge in [0.25, 0.3) is 0 Å². The first-order chi connectivity index (χ1) is 12.3. The second kappa shape index (κ2) is 6.48. The number of hydrogen-bond acceptors (Lipinski definition) is 4. The summed E-state index contributed by atoms with van der Waals surface area (Å²) in [4.78, 5) is 28.3. The first-order valence-corrected chi connectivity index (χ1v) is 8.52. The van der Waals surface area contributed by atoms with E-state index in [4.69, 9.17) is 4.74 Å². The molecule has 0 bridgehead atoms. The molecule has 1 atom stereocenters. The molecule has 0 radical (unpaired) electrons. The number of amides is 2. The maximum absolute atomic E-state index is 13.0. The van der Waals surface area contributed by atoms with E-state index < -0.39 is 5.97 Å². The average molecular weight is 356 g/mol. The number of esters is 1. The van der Waals surface area contributed by atoms with Crippen molar-refractivity contribution in [1.82, 2.24) is 14.7 Å². The molecule has 0 saturated heterocycles. The predicted molar refractivity (Wildman–Crippen MR) is 98.2 cm³/mol. The van der Waals surface area contributed by atoms with Gasteiger partial charge in [0, 0.05) is 14.1 Å². The third-order valence-corrected chi connectivity index (χ3v) is 5.28. The molecule has 138 valence electrons. The summed E-state index contributed by atoms with van der Waals surface area (Å²) in [5.41, 5.74) is 5.13. The van der Waals surface area contributed by atoms with Crippen molar-refractivity contribution in [1.29, 1.82) is 0 Å². The summed E-state index contributed by atoms with van der Waals surface area (Å²) in [6, 6.07) is 5.19. The predicted octanol–water partition coefficient (Wildman–Crippen LogP) is 2.96. The van der Waals surface area contributed by atoms with Gasteiger partial charge in [0.15, 0.2) is 0 Å². The van der Waals surface area contributed by atoms with Gasteiger partial charge in [-0.3, -0.25) is 9.58 Å². The normalized spacial score (nSPS) is 16.7. The third-order valence-electron chi connectivity index (χ3n) is 5.28. The van der Waals surface area contributed by atoms with Crippen molar-refractivity contribution in [3.05, 3.63) is 46.3 Å². The molecule has 1 unspecified atom stereocenters. The molecule has 2 heterocycles. The lowest BCUT2D eigenvalue weighted by atomic mass is 9.98. The third kappa shape index (κ3) is 2.73. The summed E-state index contributed by atoms with van der Waals surface area (Å²) in [5, 5.41) is 4.44. The van der Waals surface area contributed by atoms with Crippen LogP contribution >= 0.6 is 0 Å². The summed E-state index contributed by atoms with van der Waals surface area (Å²) >= 11 is 0. The van der Waals surface area contributed by atoms with Crippen molar-refractivity contribution in [3.63, 3.8) is 0 Å². The minimum atomic E-state index is -0.417. The summed E-state index contributed by atoms with van der Waals surface area (Å²) in [5.74, 6) is -0.417. The molecule has 1 aromatic carbocycles. The highest BCUT2D eigenvalue weighted by molar-refractivity contribution is 5.98. The number of urea groups is 1. The second-order valence-electron chi connectivity index (χ2n) is 6.70. The summed E-state index contributed by atoms with van der Waals surface area (Å²) in [6.07, 6.45) is 0. The van der Waals surface area contributed by atoms with Crippen molar-refractivity contribution in [3.8, 4) is 0 Å². The van der Waals surface area contributed by atoms with Crippen molar-refractivity contribution in [2.45, 2.75) is 33.4 Å². The van der Waals surface area contributed by atoms with E-state index in [1.165, 1.54) is 7.11 Å². The van der Waals surface area contributed by atoms with E-state index in [-0.39, 0.29) is 12.1 Å². The minimum Gasteiger partial charge on any atom is -0.465 e. The highest BCUT2D eigenvalue weighted by Gasteiger charge is 2.34. The van der Waals surface area contributed by atoms with Crippen molar-refractivity contribution >= 4 is 17.7 Å². The van der Waals surface area contributed by atoms with Crippen LogP contribution in [0.5, 0.6) is 0 Å². The zero-order chi connectivity index (χ0) is 19.2. The number of hydrogen-bond donors (Lipinski definition) is 0. The number of nitrogens with zero attached hydrogens (tertiary/aromatic N) is 4. The molecule has 1 aliphatic heterocycles. The first kappa shape index (κ1) is 18.0. The van der Waals surface area contributed by atoms with E-state index in [0.29, 0.717) is 12.1 Å². The van der Waals surface area contributed by atoms with Gasteiger partial charge in [0.1, 0.15) is 0 Å². The van der Waals surface area contributed by atoms with Crippen LogP contribution in [0.3, 0.4) is 0 Å². The molecule has 26 heavy (non-hydrogen) atoms. The van der Waals surface area contributed by atoms with Crippen LogP contribution in [-0.4, -0.2) is 40.8 Å². The molecule has 0 N–H and O–H groups in total. The Labute approximate surface area is 153 Å². The maximum Gasteiger partial charge on any atom is 0.337 e. The number of carbonyl (C=O) groups excluding carboxylic acids is 2. The topological polar surface area (TPSA) is 67.7 Å². The smallest absolute Gasteiger partial charge is 0.337 e. The zero-order valence-electron chi connectivity index (χ0n) is 16.0. The average Bonchev–Trinajstić information content (AvgIpc) is 2.87. The molecule has 0 fully saturated rings. The molecule has 3 rings (SSSR count). The van der Waals surface area contributed by atoms with Gasteiger partial charge < -0.3 is 9.64 Å². The van der Waals surface area contributed by atoms with E-state index in [1.807, 2.05) is 33.9 Å². The van der Waals surface area contributed by atoms with Crippen LogP contribution in [0.25, 0.3) is 0 Å². The lowest BCUT2D eigenvalue weighted by molar-refractivity contribution is 0.0600. The monoisotopic (exact) mass is 356 g/mol. The van der Waals surface area contributed by atoms with Crippen LogP contribution in [0, 0.1) is 13.8 Å². The molecular formula is C19H24N4O3. The lowest BCUT2D eigenvalue weighted by Crippen LogP contribution is -2.47. The molecular weight excluding hydrogens is 332 g/mol. The number of benzene rings is 1. The zero-order valence-corrected chi connectivity index (χ0v) is 16.0. The van der Waals surface area contributed by atoms with Gasteiger partial charge in [-0.2, -0.15) is 5.10 Å². The van der Waals surface area contributed by atoms with Crippen molar-refractivity contribution in [2.75, 3.05) is 19.1 Å². The maximum atomic E-state index is 13.0. The number of rotatable bonds is 3. The highest BCUT2D eigenvalue weighted by atomic mass is 16.5. The van der Waals surface area contributed by atoms with E-state index >= 15 is 0 Å². The van der Waals surface area contributed by atoms with Gasteiger partial charge in [-0.25, -0.2) is 9.59 Å². The molecule has 7 nitrogen and oxygen atoms in total. The number of carbonyl (C=O) groups is 2. The molecule has 1 aliphatic rings. The van der Waals surface area contributed by atoms with E-state index in [9.17, 15) is 9.59 Å². The van der Waals surface area contributed by atoms with Crippen LogP contribution in [0.4, 0.5) is 10.5 Å². The fourth-order valence-electron chi connectivity index (χ4n) is 3.38. The fraction of sp³-hybridized carbons (Fsp3) is 0.421. The lowest BCUT2D eigenvalue weighted by Gasteiger charge is -2.39. The van der Waals surface area contributed by atoms with Gasteiger partial charge in [-0.15, -0.1) is 0 Å². The Morgan fingerprint density at radius 1 is 1.27 bits per heavy atom. The van der Waals surface area contributed by atoms with Crippen LogP contribution in [0.2, 0.25) is 0 Å². The summed E-state index contributed by atoms with van der Waals surface area (Å²) in [6.45, 7) is 6.32. The number of methoxy groups -OCH3 is 1. The standard InChI is InChI=1S/C19H24N4O3/c1-11-12(2)20-22(5)17(11)10-23-16-9-14(18(24)26-6)7-8-15(16)13(3)21(4)19(23)25/h7-9,13H,10H2,1-6H3. The van der Waals surface area contributed by atoms with Crippen LogP contribution in [-0.2, 0) is 18.3 Å². The molecule has 2 aromatic rings. The van der Waals surface area contributed by atoms with Crippen LogP contribution in [0.1, 0.15) is 45.8 Å². The van der Waals surface area contributed by atoms with Crippen molar-refractivity contribution in [2.24, 2.45) is 7.05 Å². The number of anilines is 1. The number of fused-ring (bicyclic) bond motifs is 1. The molecule has 0 saturated carbocycles. The number of aromatic nitrogens is 2. The highest BCUT2D eigenvalue weighted by Crippen LogP contribution is 2.37. The molecule has 2 amide bonds. The molecule has 0 spiro atoms. The fourth-order valence-corrected chi connectivity index (χ4v) is 3.38. The molecule has 0 aliphatic carbocycles. The first-order valence-electron chi connectivity index (χ1n) is 8.52. The van der Waals surface area contributed by atoms with Crippen LogP contribution in [0.15, 0.2) is 18.2 Å². The number of aryl methyl sites for hydroxylation is 2. The minimum absolute atomic E-state index is 0.0742. The van der Waals surface area contributed by atoms with Crippen LogP contribution < -0.4 is 4.90 Å². The number of ether oxygens (including phenoxy) is 1. The van der Waals surface area contributed by atoms with Gasteiger partial charge in [0.2, 0.25) is 0 Å². The molecule has 7 heteroatoms. The Kier molecular flexibility index (Phi) is 4.48. The Morgan fingerprint density at radius 3 is 2.54 bits per heavy atom. The van der Waals surface area contributed by atoms with Gasteiger partial charge in [0.05, 0.1) is 42.3 Å². The summed E-state index contributed by atoms with van der Waals surface area (Å²) < 4.78 is 6.64. The summed E-state index contributed by atoms with van der Waals surface area (Å²) in [7, 11) is 5.02. The van der Waals surface area contributed by atoms with Gasteiger partial charge in [-0.05, 0) is 44.0 Å². The van der Waals surface area contributed by atoms with Gasteiger partial charge >= 0.3 is 12.0 Å². The molecule has 1 aromatic heterocycles. The Balaban J connectivity index is 2.11. The largest absolute Gasteiger partial charge is 0.465 e. The Hall–Kier alpha value is -2.83. The van der Waals surface area contributed by atoms with E-state index in [2.05, 4.69) is 5.10 Å². The SMILES string of the molecule is COC(=O)c1ccc2c(c1)N(Cc1c(C)c(C)nn1C)C(=O)N(C)C2C. The Morgan fingerprint density at radius 2 is 1.96 bits per heavy atom. The van der Waals surface area contributed by atoms with Crippen molar-refractivity contribution < 1.29 is 14.3 Å². The van der Waals surface area contributed by atoms with Gasteiger partial charge in [-0.1, -0.05) is 6.07 Å². The second-order valence-corrected chi connectivity index (χ2v) is 6.70. The van der Waals surface area contributed by atoms with E-state index in [0.717, 1.165) is 28.2 Å². The van der Waals surface area contributed by atoms with E-state index in [1.54, 1.807) is 33.7 Å².